The highest BCUT2D eigenvalue weighted by Gasteiger charge is 2.09. The number of aliphatic hydroxyl groups is 1. The lowest BCUT2D eigenvalue weighted by Gasteiger charge is -2.08. The van der Waals surface area contributed by atoms with Crippen LogP contribution in [0.15, 0.2) is 42.9 Å². The Morgan fingerprint density at radius 1 is 1.23 bits per heavy atom. The lowest BCUT2D eigenvalue weighted by Crippen LogP contribution is -2.00. The second-order valence-corrected chi connectivity index (χ2v) is 5.92. The minimum absolute atomic E-state index is 0.138. The van der Waals surface area contributed by atoms with Crippen LogP contribution in [0, 0.1) is 18.3 Å². The Kier molecular flexibility index (Phi) is 5.56. The summed E-state index contributed by atoms with van der Waals surface area (Å²) in [6.45, 7) is 2.65. The predicted octanol–water partition coefficient (Wildman–Crippen LogP) is 2.84. The maximum atomic E-state index is 8.98. The summed E-state index contributed by atoms with van der Waals surface area (Å²) in [7, 11) is 0. The van der Waals surface area contributed by atoms with Crippen molar-refractivity contribution in [3.8, 4) is 17.3 Å². The first-order valence-corrected chi connectivity index (χ1v) is 8.40. The van der Waals surface area contributed by atoms with Gasteiger partial charge in [0.2, 0.25) is 5.95 Å². The first-order chi connectivity index (χ1) is 12.7. The Labute approximate surface area is 152 Å². The Morgan fingerprint density at radius 2 is 2.04 bits per heavy atom. The molecule has 0 atom stereocenters. The van der Waals surface area contributed by atoms with E-state index in [4.69, 9.17) is 10.4 Å². The molecule has 0 fully saturated rings. The van der Waals surface area contributed by atoms with Gasteiger partial charge in [-0.2, -0.15) is 10.4 Å². The van der Waals surface area contributed by atoms with E-state index in [9.17, 15) is 0 Å². The first kappa shape index (κ1) is 17.6. The third-order valence-electron chi connectivity index (χ3n) is 3.94. The van der Waals surface area contributed by atoms with E-state index in [2.05, 4.69) is 26.5 Å². The molecule has 0 aliphatic heterocycles. The number of aliphatic hydroxyl groups excluding tert-OH is 1. The molecular formula is C19H20N6O. The maximum Gasteiger partial charge on any atom is 0.227 e. The molecule has 7 nitrogen and oxygen atoms in total. The van der Waals surface area contributed by atoms with Crippen LogP contribution in [-0.2, 0) is 13.0 Å². The fourth-order valence-electron chi connectivity index (χ4n) is 2.58. The smallest absolute Gasteiger partial charge is 0.227 e. The average Bonchev–Trinajstić information content (AvgIpc) is 3.12. The number of anilines is 2. The molecule has 1 aromatic carbocycles. The van der Waals surface area contributed by atoms with E-state index >= 15 is 0 Å². The van der Waals surface area contributed by atoms with Crippen molar-refractivity contribution in [1.29, 1.82) is 5.26 Å². The van der Waals surface area contributed by atoms with Gasteiger partial charge in [-0.1, -0.05) is 12.1 Å². The highest BCUT2D eigenvalue weighted by molar-refractivity contribution is 5.63. The van der Waals surface area contributed by atoms with Gasteiger partial charge in [0.1, 0.15) is 0 Å². The summed E-state index contributed by atoms with van der Waals surface area (Å²) in [5.41, 5.74) is 4.61. The third-order valence-corrected chi connectivity index (χ3v) is 3.94. The third kappa shape index (κ3) is 4.23. The zero-order valence-corrected chi connectivity index (χ0v) is 14.6. The molecule has 0 bridgehead atoms. The van der Waals surface area contributed by atoms with Crippen LogP contribution in [0.25, 0.3) is 11.3 Å². The van der Waals surface area contributed by atoms with Crippen molar-refractivity contribution in [3.05, 3.63) is 54.0 Å². The van der Waals surface area contributed by atoms with E-state index in [1.807, 2.05) is 37.4 Å². The molecule has 0 saturated carbocycles. The normalized spacial score (nSPS) is 10.5. The molecule has 7 heteroatoms. The minimum Gasteiger partial charge on any atom is -0.396 e. The number of nitriles is 1. The fourth-order valence-corrected chi connectivity index (χ4v) is 2.58. The molecule has 3 rings (SSSR count). The van der Waals surface area contributed by atoms with Crippen molar-refractivity contribution in [2.45, 2.75) is 26.3 Å². The number of hydrogen-bond donors (Lipinski definition) is 2. The van der Waals surface area contributed by atoms with Gasteiger partial charge in [0.25, 0.3) is 0 Å². The molecule has 0 amide bonds. The van der Waals surface area contributed by atoms with E-state index in [0.717, 1.165) is 28.1 Å². The monoisotopic (exact) mass is 348 g/mol. The van der Waals surface area contributed by atoms with E-state index in [1.54, 1.807) is 17.1 Å². The summed E-state index contributed by atoms with van der Waals surface area (Å²) in [6.07, 6.45) is 6.47. The number of hydrogen-bond acceptors (Lipinski definition) is 6. The summed E-state index contributed by atoms with van der Waals surface area (Å²) < 4.78 is 1.74. The zero-order valence-electron chi connectivity index (χ0n) is 14.6. The van der Waals surface area contributed by atoms with Gasteiger partial charge in [-0.15, -0.1) is 0 Å². The highest BCUT2D eigenvalue weighted by atomic mass is 16.2. The molecule has 0 unspecified atom stereocenters. The van der Waals surface area contributed by atoms with E-state index in [-0.39, 0.29) is 6.61 Å². The average molecular weight is 348 g/mol. The van der Waals surface area contributed by atoms with Crippen LogP contribution in [-0.4, -0.2) is 31.5 Å². The molecule has 2 N–H and O–H groups in total. The molecule has 3 aromatic rings. The second kappa shape index (κ2) is 8.23. The summed E-state index contributed by atoms with van der Waals surface area (Å²) >= 11 is 0. The predicted molar refractivity (Wildman–Crippen MR) is 98.7 cm³/mol. The van der Waals surface area contributed by atoms with Crippen molar-refractivity contribution in [2.75, 3.05) is 11.9 Å². The molecular weight excluding hydrogens is 328 g/mol. The van der Waals surface area contributed by atoms with Crippen LogP contribution < -0.4 is 5.32 Å². The molecule has 2 aromatic heterocycles. The molecule has 0 spiro atoms. The molecule has 0 radical (unpaired) electrons. The molecule has 132 valence electrons. The second-order valence-electron chi connectivity index (χ2n) is 5.92. The Bertz CT molecular complexity index is 911. The fraction of sp³-hybridized carbons (Fsp3) is 0.263. The molecule has 0 aliphatic carbocycles. The van der Waals surface area contributed by atoms with E-state index < -0.39 is 0 Å². The first-order valence-electron chi connectivity index (χ1n) is 8.40. The number of aryl methyl sites for hydroxylation is 2. The van der Waals surface area contributed by atoms with Crippen molar-refractivity contribution in [2.24, 2.45) is 0 Å². The summed E-state index contributed by atoms with van der Waals surface area (Å²) in [5, 5.41) is 25.1. The number of aromatic nitrogens is 4. The van der Waals surface area contributed by atoms with Crippen molar-refractivity contribution in [3.63, 3.8) is 0 Å². The van der Waals surface area contributed by atoms with Crippen molar-refractivity contribution < 1.29 is 5.11 Å². The van der Waals surface area contributed by atoms with Crippen LogP contribution in [0.5, 0.6) is 0 Å². The van der Waals surface area contributed by atoms with Gasteiger partial charge in [0, 0.05) is 30.3 Å². The quantitative estimate of drug-likeness (QED) is 0.681. The number of nitrogens with zero attached hydrogens (tertiary/aromatic N) is 5. The molecule has 26 heavy (non-hydrogen) atoms. The maximum absolute atomic E-state index is 8.98. The van der Waals surface area contributed by atoms with E-state index in [0.29, 0.717) is 25.3 Å². The molecule has 2 heterocycles. The SMILES string of the molecule is Cc1cnc(Nc2ccc(CCO)cc2)nc1-c1cnn(CCC#N)c1. The Morgan fingerprint density at radius 3 is 2.77 bits per heavy atom. The summed E-state index contributed by atoms with van der Waals surface area (Å²) in [4.78, 5) is 8.95. The number of nitrogens with one attached hydrogen (secondary N) is 1. The van der Waals surface area contributed by atoms with Gasteiger partial charge in [-0.25, -0.2) is 9.97 Å². The van der Waals surface area contributed by atoms with Crippen LogP contribution in [0.3, 0.4) is 0 Å². The van der Waals surface area contributed by atoms with Crippen LogP contribution >= 0.6 is 0 Å². The standard InChI is InChI=1S/C19H20N6O/c1-14-11-21-19(23-17-5-3-15(4-6-17)7-10-26)24-18(14)16-12-22-25(13-16)9-2-8-20/h3-6,11-13,26H,2,7,9-10H2,1H3,(H,21,23,24). The van der Waals surface area contributed by atoms with Crippen LogP contribution in [0.4, 0.5) is 11.6 Å². The summed E-state index contributed by atoms with van der Waals surface area (Å²) in [6, 6.07) is 9.92. The van der Waals surface area contributed by atoms with Gasteiger partial charge in [0.05, 0.1) is 30.9 Å². The van der Waals surface area contributed by atoms with Gasteiger partial charge >= 0.3 is 0 Å². The topological polar surface area (TPSA) is 99.7 Å². The molecule has 0 aliphatic rings. The van der Waals surface area contributed by atoms with E-state index in [1.165, 1.54) is 0 Å². The lowest BCUT2D eigenvalue weighted by molar-refractivity contribution is 0.299. The summed E-state index contributed by atoms with van der Waals surface area (Å²) in [5.74, 6) is 0.505. The van der Waals surface area contributed by atoms with Gasteiger partial charge in [-0.05, 0) is 36.6 Å². The van der Waals surface area contributed by atoms with Gasteiger partial charge < -0.3 is 10.4 Å². The number of rotatable bonds is 7. The lowest BCUT2D eigenvalue weighted by atomic mass is 10.1. The minimum atomic E-state index is 0.138. The van der Waals surface area contributed by atoms with Crippen LogP contribution in [0.2, 0.25) is 0 Å². The molecule has 0 saturated heterocycles. The largest absolute Gasteiger partial charge is 0.396 e. The van der Waals surface area contributed by atoms with Crippen molar-refractivity contribution >= 4 is 11.6 Å². The number of benzene rings is 1. The Balaban J connectivity index is 1.79. The van der Waals surface area contributed by atoms with Crippen molar-refractivity contribution in [1.82, 2.24) is 19.7 Å². The highest BCUT2D eigenvalue weighted by Crippen LogP contribution is 2.23. The van der Waals surface area contributed by atoms with Gasteiger partial charge in [0.15, 0.2) is 0 Å². The zero-order chi connectivity index (χ0) is 18.4. The van der Waals surface area contributed by atoms with Gasteiger partial charge in [-0.3, -0.25) is 4.68 Å². The Hall–Kier alpha value is -3.24. The van der Waals surface area contributed by atoms with Crippen LogP contribution in [0.1, 0.15) is 17.5 Å².